The van der Waals surface area contributed by atoms with E-state index in [-0.39, 0.29) is 30.6 Å². The molecule has 158 valence electrons. The van der Waals surface area contributed by atoms with Gasteiger partial charge >= 0.3 is 0 Å². The number of anilines is 1. The van der Waals surface area contributed by atoms with Crippen LogP contribution >= 0.6 is 0 Å². The van der Waals surface area contributed by atoms with Crippen LogP contribution in [0.5, 0.6) is 5.75 Å². The monoisotopic (exact) mass is 409 g/mol. The number of benzene rings is 2. The van der Waals surface area contributed by atoms with E-state index < -0.39 is 0 Å². The second kappa shape index (κ2) is 10.4. The van der Waals surface area contributed by atoms with Gasteiger partial charge in [-0.15, -0.1) is 0 Å². The summed E-state index contributed by atoms with van der Waals surface area (Å²) in [6.45, 7) is 4.14. The fourth-order valence-corrected chi connectivity index (χ4v) is 3.25. The van der Waals surface area contributed by atoms with Crippen LogP contribution in [0.2, 0.25) is 0 Å². The first-order valence-corrected chi connectivity index (χ1v) is 10.1. The van der Waals surface area contributed by atoms with Crippen LogP contribution in [0, 0.1) is 0 Å². The molecule has 0 aromatic heterocycles. The Morgan fingerprint density at radius 3 is 2.13 bits per heavy atom. The average molecular weight is 409 g/mol. The molecule has 0 spiro atoms. The van der Waals surface area contributed by atoms with Crippen molar-refractivity contribution in [1.82, 2.24) is 9.80 Å². The molecular formula is C23H27N3O4. The summed E-state index contributed by atoms with van der Waals surface area (Å²) in [5.41, 5.74) is 1.75. The summed E-state index contributed by atoms with van der Waals surface area (Å²) >= 11 is 0. The van der Waals surface area contributed by atoms with Crippen LogP contribution in [0.1, 0.15) is 25.3 Å². The van der Waals surface area contributed by atoms with Gasteiger partial charge < -0.3 is 19.9 Å². The standard InChI is InChI=1S/C23H27N3O4/c1-18(27)25-13-15-26(16-14-25)23(29)12-11-22(28)24-20-7-9-21(10-8-20)30-17-19-5-3-2-4-6-19/h2-10H,11-17H2,1H3,(H,24,28). The first kappa shape index (κ1) is 21.4. The molecule has 7 nitrogen and oxygen atoms in total. The zero-order valence-electron chi connectivity index (χ0n) is 17.2. The Morgan fingerprint density at radius 1 is 0.867 bits per heavy atom. The Bertz CT molecular complexity index is 860. The van der Waals surface area contributed by atoms with Crippen molar-refractivity contribution in [3.63, 3.8) is 0 Å². The van der Waals surface area contributed by atoms with Crippen LogP contribution in [0.3, 0.4) is 0 Å². The normalized spacial score (nSPS) is 13.6. The van der Waals surface area contributed by atoms with E-state index in [1.807, 2.05) is 30.3 Å². The Balaban J connectivity index is 1.38. The van der Waals surface area contributed by atoms with E-state index in [1.54, 1.807) is 34.1 Å². The van der Waals surface area contributed by atoms with Gasteiger partial charge in [0.15, 0.2) is 0 Å². The summed E-state index contributed by atoms with van der Waals surface area (Å²) in [4.78, 5) is 39.2. The Kier molecular flexibility index (Phi) is 7.43. The van der Waals surface area contributed by atoms with Gasteiger partial charge in [0.2, 0.25) is 17.7 Å². The molecule has 1 fully saturated rings. The third kappa shape index (κ3) is 6.34. The number of amides is 3. The highest BCUT2D eigenvalue weighted by Gasteiger charge is 2.22. The van der Waals surface area contributed by atoms with E-state index >= 15 is 0 Å². The molecule has 1 aliphatic rings. The van der Waals surface area contributed by atoms with Gasteiger partial charge in [0.25, 0.3) is 0 Å². The van der Waals surface area contributed by atoms with Crippen LogP contribution in [0.4, 0.5) is 5.69 Å². The summed E-state index contributed by atoms with van der Waals surface area (Å²) < 4.78 is 5.73. The van der Waals surface area contributed by atoms with E-state index in [1.165, 1.54) is 6.92 Å². The van der Waals surface area contributed by atoms with Gasteiger partial charge in [-0.05, 0) is 29.8 Å². The maximum atomic E-state index is 12.3. The smallest absolute Gasteiger partial charge is 0.224 e. The number of nitrogens with one attached hydrogen (secondary N) is 1. The molecule has 1 saturated heterocycles. The molecule has 0 radical (unpaired) electrons. The Labute approximate surface area is 176 Å². The second-order valence-electron chi connectivity index (χ2n) is 7.23. The van der Waals surface area contributed by atoms with Gasteiger partial charge in [0.05, 0.1) is 0 Å². The molecule has 0 saturated carbocycles. The molecule has 3 amide bonds. The van der Waals surface area contributed by atoms with Gasteiger partial charge in [0, 0.05) is 51.6 Å². The molecule has 0 atom stereocenters. The maximum Gasteiger partial charge on any atom is 0.224 e. The molecular weight excluding hydrogens is 382 g/mol. The highest BCUT2D eigenvalue weighted by atomic mass is 16.5. The minimum atomic E-state index is -0.205. The SMILES string of the molecule is CC(=O)N1CCN(C(=O)CCC(=O)Nc2ccc(OCc3ccccc3)cc2)CC1. The zero-order chi connectivity index (χ0) is 21.3. The summed E-state index contributed by atoms with van der Waals surface area (Å²) in [5.74, 6) is 0.483. The van der Waals surface area contributed by atoms with Crippen molar-refractivity contribution < 1.29 is 19.1 Å². The lowest BCUT2D eigenvalue weighted by molar-refractivity contribution is -0.138. The average Bonchev–Trinajstić information content (AvgIpc) is 2.78. The van der Waals surface area contributed by atoms with Crippen LogP contribution in [-0.2, 0) is 21.0 Å². The first-order chi connectivity index (χ1) is 14.5. The number of rotatable bonds is 7. The summed E-state index contributed by atoms with van der Waals surface area (Å²) in [6, 6.07) is 17.1. The number of hydrogen-bond donors (Lipinski definition) is 1. The molecule has 30 heavy (non-hydrogen) atoms. The lowest BCUT2D eigenvalue weighted by Gasteiger charge is -2.34. The first-order valence-electron chi connectivity index (χ1n) is 10.1. The zero-order valence-corrected chi connectivity index (χ0v) is 17.2. The van der Waals surface area contributed by atoms with Crippen molar-refractivity contribution in [2.45, 2.75) is 26.4 Å². The van der Waals surface area contributed by atoms with Gasteiger partial charge in [-0.3, -0.25) is 14.4 Å². The molecule has 0 bridgehead atoms. The lowest BCUT2D eigenvalue weighted by Crippen LogP contribution is -2.50. The van der Waals surface area contributed by atoms with Gasteiger partial charge in [-0.1, -0.05) is 30.3 Å². The quantitative estimate of drug-likeness (QED) is 0.763. The second-order valence-corrected chi connectivity index (χ2v) is 7.23. The Hall–Kier alpha value is -3.35. The molecule has 0 aliphatic carbocycles. The van der Waals surface area contributed by atoms with E-state index in [2.05, 4.69) is 5.32 Å². The molecule has 3 rings (SSSR count). The third-order valence-corrected chi connectivity index (χ3v) is 5.03. The van der Waals surface area contributed by atoms with Crippen LogP contribution in [0.25, 0.3) is 0 Å². The molecule has 1 N–H and O–H groups in total. The van der Waals surface area contributed by atoms with E-state index in [9.17, 15) is 14.4 Å². The summed E-state index contributed by atoms with van der Waals surface area (Å²) in [6.07, 6.45) is 0.280. The fourth-order valence-electron chi connectivity index (χ4n) is 3.25. The number of carbonyl (C=O) groups is 3. The molecule has 1 aliphatic heterocycles. The van der Waals surface area contributed by atoms with Crippen molar-refractivity contribution >= 4 is 23.4 Å². The Morgan fingerprint density at radius 2 is 1.50 bits per heavy atom. The highest BCUT2D eigenvalue weighted by molar-refractivity contribution is 5.93. The number of carbonyl (C=O) groups excluding carboxylic acids is 3. The van der Waals surface area contributed by atoms with E-state index in [0.29, 0.717) is 38.5 Å². The predicted octanol–water partition coefficient (Wildman–Crippen LogP) is 2.68. The predicted molar refractivity (Wildman–Crippen MR) is 114 cm³/mol. The van der Waals surface area contributed by atoms with E-state index in [4.69, 9.17) is 4.74 Å². The van der Waals surface area contributed by atoms with Gasteiger partial charge in [0.1, 0.15) is 12.4 Å². The largest absolute Gasteiger partial charge is 0.489 e. The van der Waals surface area contributed by atoms with Crippen molar-refractivity contribution in [3.8, 4) is 5.75 Å². The number of hydrogen-bond acceptors (Lipinski definition) is 4. The van der Waals surface area contributed by atoms with Crippen molar-refractivity contribution in [1.29, 1.82) is 0 Å². The molecule has 7 heteroatoms. The third-order valence-electron chi connectivity index (χ3n) is 5.03. The highest BCUT2D eigenvalue weighted by Crippen LogP contribution is 2.17. The fraction of sp³-hybridized carbons (Fsp3) is 0.348. The summed E-state index contributed by atoms with van der Waals surface area (Å²) in [5, 5.41) is 2.81. The van der Waals surface area contributed by atoms with Crippen LogP contribution in [-0.4, -0.2) is 53.7 Å². The number of piperazine rings is 1. The minimum Gasteiger partial charge on any atom is -0.489 e. The summed E-state index contributed by atoms with van der Waals surface area (Å²) in [7, 11) is 0. The van der Waals surface area contributed by atoms with Crippen molar-refractivity contribution in [3.05, 3.63) is 60.2 Å². The minimum absolute atomic E-state index is 0.0259. The molecule has 1 heterocycles. The molecule has 2 aromatic rings. The topological polar surface area (TPSA) is 79.0 Å². The molecule has 2 aromatic carbocycles. The van der Waals surface area contributed by atoms with Gasteiger partial charge in [-0.25, -0.2) is 0 Å². The lowest BCUT2D eigenvalue weighted by atomic mass is 10.2. The van der Waals surface area contributed by atoms with Crippen molar-refractivity contribution in [2.75, 3.05) is 31.5 Å². The van der Waals surface area contributed by atoms with Gasteiger partial charge in [-0.2, -0.15) is 0 Å². The van der Waals surface area contributed by atoms with E-state index in [0.717, 1.165) is 11.3 Å². The van der Waals surface area contributed by atoms with Crippen molar-refractivity contribution in [2.24, 2.45) is 0 Å². The number of nitrogens with zero attached hydrogens (tertiary/aromatic N) is 2. The number of ether oxygens (including phenoxy) is 1. The maximum absolute atomic E-state index is 12.3. The molecule has 0 unspecified atom stereocenters. The van der Waals surface area contributed by atoms with Crippen LogP contribution in [0.15, 0.2) is 54.6 Å². The van der Waals surface area contributed by atoms with Crippen LogP contribution < -0.4 is 10.1 Å².